The highest BCUT2D eigenvalue weighted by molar-refractivity contribution is 6.18. The van der Waals surface area contributed by atoms with Gasteiger partial charge in [0.25, 0.3) is 0 Å². The Labute approximate surface area is 36.6 Å². The summed E-state index contributed by atoms with van der Waals surface area (Å²) in [6.07, 6.45) is -0.350. The van der Waals surface area contributed by atoms with Crippen LogP contribution < -0.4 is 0 Å². The number of hydrogen-bond acceptors (Lipinski definition) is 1. The van der Waals surface area contributed by atoms with Gasteiger partial charge in [-0.25, -0.2) is 0 Å². The smallest absolute Gasteiger partial charge is 0.0647 e. The largest absolute Gasteiger partial charge is 0.392 e. The first-order valence-electron chi connectivity index (χ1n) is 1.51. The quantitative estimate of drug-likeness (QED) is 0.472. The van der Waals surface area contributed by atoms with Crippen molar-refractivity contribution in [2.75, 3.05) is 5.88 Å². The average Bonchev–Trinajstić information content (AvgIpc) is 1.38. The highest BCUT2D eigenvalue weighted by atomic mass is 35.5. The normalized spacial score (nSPS) is 15.0. The van der Waals surface area contributed by atoms with E-state index < -0.39 is 0 Å². The molecule has 0 bridgehead atoms. The molecule has 32 valence electrons. The van der Waals surface area contributed by atoms with E-state index >= 15 is 0 Å². The average molecular weight is 94.5 g/mol. The van der Waals surface area contributed by atoms with Crippen LogP contribution in [0.5, 0.6) is 0 Å². The van der Waals surface area contributed by atoms with E-state index in [4.69, 9.17) is 16.7 Å². The molecule has 1 atom stereocenters. The molecule has 0 saturated carbocycles. The van der Waals surface area contributed by atoms with Crippen LogP contribution in [0.15, 0.2) is 0 Å². The molecule has 0 amide bonds. The van der Waals surface area contributed by atoms with E-state index in [9.17, 15) is 0 Å². The fourth-order valence-corrected chi connectivity index (χ4v) is 0. The minimum atomic E-state index is -0.350. The van der Waals surface area contributed by atoms with Gasteiger partial charge >= 0.3 is 0 Å². The van der Waals surface area contributed by atoms with Gasteiger partial charge in [-0.1, -0.05) is 0 Å². The van der Waals surface area contributed by atoms with Crippen molar-refractivity contribution in [3.63, 3.8) is 0 Å². The highest BCUT2D eigenvalue weighted by Crippen LogP contribution is 1.80. The first-order valence-corrected chi connectivity index (χ1v) is 2.05. The van der Waals surface area contributed by atoms with E-state index in [1.54, 1.807) is 6.92 Å². The predicted molar refractivity (Wildman–Crippen MR) is 22.4 cm³/mol. The van der Waals surface area contributed by atoms with Crippen molar-refractivity contribution in [2.45, 2.75) is 13.0 Å². The number of aliphatic hydroxyl groups excluding tert-OH is 1. The zero-order valence-electron chi connectivity index (χ0n) is 3.11. The standard InChI is InChI=1S/C3H7ClO/c1-3(5)2-4/h3,5H,2H2,1H3/t3-/m0/s1. The summed E-state index contributed by atoms with van der Waals surface area (Å²) in [7, 11) is 0. The molecule has 1 N–H and O–H groups in total. The molecule has 0 heterocycles. The summed E-state index contributed by atoms with van der Waals surface area (Å²) in [6, 6.07) is 0. The number of rotatable bonds is 1. The summed E-state index contributed by atoms with van der Waals surface area (Å²) < 4.78 is 0. The lowest BCUT2D eigenvalue weighted by Gasteiger charge is -1.88. The molecular formula is C3H7ClO. The van der Waals surface area contributed by atoms with Gasteiger partial charge in [0.15, 0.2) is 0 Å². The summed E-state index contributed by atoms with van der Waals surface area (Å²) in [4.78, 5) is 0. The van der Waals surface area contributed by atoms with Crippen LogP contribution >= 0.6 is 11.6 Å². The Morgan fingerprint density at radius 1 is 2.00 bits per heavy atom. The zero-order valence-corrected chi connectivity index (χ0v) is 3.87. The maximum absolute atomic E-state index is 8.23. The molecule has 0 aliphatic carbocycles. The monoisotopic (exact) mass is 94.0 g/mol. The Bertz CT molecular complexity index is 20.9. The van der Waals surface area contributed by atoms with Gasteiger partial charge in [-0.2, -0.15) is 0 Å². The Kier molecular flexibility index (Phi) is 2.61. The molecule has 5 heavy (non-hydrogen) atoms. The second-order valence-corrected chi connectivity index (χ2v) is 1.31. The topological polar surface area (TPSA) is 20.2 Å². The minimum Gasteiger partial charge on any atom is -0.392 e. The fourth-order valence-electron chi connectivity index (χ4n) is 0. The van der Waals surface area contributed by atoms with Gasteiger partial charge in [-0.3, -0.25) is 0 Å². The van der Waals surface area contributed by atoms with Crippen molar-refractivity contribution < 1.29 is 5.11 Å². The molecule has 0 unspecified atom stereocenters. The van der Waals surface area contributed by atoms with Gasteiger partial charge in [-0.15, -0.1) is 11.6 Å². The van der Waals surface area contributed by atoms with Crippen molar-refractivity contribution in [3.8, 4) is 0 Å². The number of alkyl halides is 1. The molecule has 2 heteroatoms. The summed E-state index contributed by atoms with van der Waals surface area (Å²) in [5.41, 5.74) is 0. The van der Waals surface area contributed by atoms with Crippen molar-refractivity contribution in [1.29, 1.82) is 0 Å². The second-order valence-electron chi connectivity index (χ2n) is 1.00. The Balaban J connectivity index is 2.54. The first kappa shape index (κ1) is 5.25. The van der Waals surface area contributed by atoms with Crippen LogP contribution in [0, 0.1) is 0 Å². The lowest BCUT2D eigenvalue weighted by Crippen LogP contribution is -1.98. The highest BCUT2D eigenvalue weighted by Gasteiger charge is 1.83. The van der Waals surface area contributed by atoms with Crippen LogP contribution in [-0.4, -0.2) is 17.1 Å². The van der Waals surface area contributed by atoms with E-state index in [-0.39, 0.29) is 6.10 Å². The summed E-state index contributed by atoms with van der Waals surface area (Å²) in [5, 5.41) is 8.23. The predicted octanol–water partition coefficient (Wildman–Crippen LogP) is 0.606. The molecule has 0 saturated heterocycles. The molecule has 0 aromatic carbocycles. The lowest BCUT2D eigenvalue weighted by atomic mass is 10.5. The van der Waals surface area contributed by atoms with Gasteiger partial charge in [-0.05, 0) is 6.92 Å². The molecule has 1 nitrogen and oxygen atoms in total. The van der Waals surface area contributed by atoms with Gasteiger partial charge in [0.2, 0.25) is 0 Å². The van der Waals surface area contributed by atoms with E-state index in [2.05, 4.69) is 0 Å². The Morgan fingerprint density at radius 2 is 2.20 bits per heavy atom. The third-order valence-electron chi connectivity index (χ3n) is 0.223. The van der Waals surface area contributed by atoms with Gasteiger partial charge in [0.1, 0.15) is 0 Å². The van der Waals surface area contributed by atoms with Crippen LogP contribution in [0.25, 0.3) is 0 Å². The number of hydrogen-bond donors (Lipinski definition) is 1. The summed E-state index contributed by atoms with van der Waals surface area (Å²) in [6.45, 7) is 1.65. The van der Waals surface area contributed by atoms with Crippen LogP contribution in [0.2, 0.25) is 0 Å². The zero-order chi connectivity index (χ0) is 4.28. The lowest BCUT2D eigenvalue weighted by molar-refractivity contribution is 0.219. The molecule has 0 aliphatic heterocycles. The van der Waals surface area contributed by atoms with Gasteiger partial charge < -0.3 is 5.11 Å². The second kappa shape index (κ2) is 2.49. The number of halogens is 1. The maximum atomic E-state index is 8.23. The fraction of sp³-hybridized carbons (Fsp3) is 1.00. The SMILES string of the molecule is C[C@H](O)CCl. The minimum absolute atomic E-state index is 0.333. The Morgan fingerprint density at radius 3 is 2.20 bits per heavy atom. The molecular weight excluding hydrogens is 87.5 g/mol. The van der Waals surface area contributed by atoms with Crippen LogP contribution in [0.3, 0.4) is 0 Å². The van der Waals surface area contributed by atoms with Crippen LogP contribution in [0.1, 0.15) is 6.92 Å². The van der Waals surface area contributed by atoms with E-state index in [0.29, 0.717) is 5.88 Å². The van der Waals surface area contributed by atoms with E-state index in [1.165, 1.54) is 0 Å². The van der Waals surface area contributed by atoms with Crippen molar-refractivity contribution in [1.82, 2.24) is 0 Å². The van der Waals surface area contributed by atoms with Crippen LogP contribution in [0.4, 0.5) is 0 Å². The molecule has 0 rings (SSSR count). The van der Waals surface area contributed by atoms with E-state index in [0.717, 1.165) is 0 Å². The molecule has 0 aliphatic rings. The molecule has 0 aromatic rings. The number of aliphatic hydroxyl groups is 1. The van der Waals surface area contributed by atoms with Crippen molar-refractivity contribution in [3.05, 3.63) is 0 Å². The van der Waals surface area contributed by atoms with Crippen LogP contribution in [-0.2, 0) is 0 Å². The summed E-state index contributed by atoms with van der Waals surface area (Å²) in [5.74, 6) is 0.333. The van der Waals surface area contributed by atoms with Crippen molar-refractivity contribution in [2.24, 2.45) is 0 Å². The van der Waals surface area contributed by atoms with Gasteiger partial charge in [0.05, 0.1) is 6.10 Å². The molecule has 0 radical (unpaired) electrons. The Hall–Kier alpha value is 0.250. The third kappa shape index (κ3) is 4.25. The third-order valence-corrected chi connectivity index (χ3v) is 0.670. The first-order chi connectivity index (χ1) is 2.27. The molecule has 0 aromatic heterocycles. The molecule has 0 spiro atoms. The maximum Gasteiger partial charge on any atom is 0.0647 e. The van der Waals surface area contributed by atoms with E-state index in [1.807, 2.05) is 0 Å². The van der Waals surface area contributed by atoms with Gasteiger partial charge in [0, 0.05) is 5.88 Å². The summed E-state index contributed by atoms with van der Waals surface area (Å²) >= 11 is 5.09. The van der Waals surface area contributed by atoms with Crippen molar-refractivity contribution >= 4 is 11.6 Å². The molecule has 0 fully saturated rings.